The monoisotopic (exact) mass is 607 g/mol. The quantitative estimate of drug-likeness (QED) is 0.292. The number of fused-ring (bicyclic) bond motifs is 3. The summed E-state index contributed by atoms with van der Waals surface area (Å²) in [5.74, 6) is -0.113. The van der Waals surface area contributed by atoms with Crippen LogP contribution in [0.5, 0.6) is 17.2 Å². The molecule has 15 nitrogen and oxygen atoms in total. The molecule has 232 valence electrons. The van der Waals surface area contributed by atoms with Crippen LogP contribution in [-0.4, -0.2) is 94.3 Å². The number of benzene rings is 1. The number of nitrogens with one attached hydrogen (secondary N) is 1. The van der Waals surface area contributed by atoms with Gasteiger partial charge >= 0.3 is 11.9 Å². The van der Waals surface area contributed by atoms with E-state index in [1.54, 1.807) is 37.9 Å². The Morgan fingerprint density at radius 2 is 2.11 bits per heavy atom. The van der Waals surface area contributed by atoms with Gasteiger partial charge < -0.3 is 45.1 Å². The summed E-state index contributed by atoms with van der Waals surface area (Å²) in [7, 11) is 1.52. The minimum atomic E-state index is -1.18. The van der Waals surface area contributed by atoms with Crippen molar-refractivity contribution in [3.8, 4) is 17.2 Å². The van der Waals surface area contributed by atoms with Gasteiger partial charge in [0.1, 0.15) is 30.0 Å². The number of esters is 1. The molecular formula is C29H33N7O8. The Morgan fingerprint density at radius 1 is 1.32 bits per heavy atom. The van der Waals surface area contributed by atoms with Crippen LogP contribution in [0.15, 0.2) is 45.3 Å². The first-order valence-corrected chi connectivity index (χ1v) is 14.1. The standard InChI is InChI=1S/C29H33N7O8/c1-5-42-26(39)17-10-14(6-8-35-9-7-31-28(35)36-13-32-20-24(36)33-27(30)34-25(20)38)19-22(41-4)15-11-18(29(2,3)40)44-21(15)16(12-37)23(19)43-17/h6-7,9-10,18,28,31,37,40H,5,8,11-13H2,1-4H3,(H2,30,34,38). The van der Waals surface area contributed by atoms with Crippen molar-refractivity contribution in [1.29, 1.82) is 0 Å². The van der Waals surface area contributed by atoms with Crippen LogP contribution in [0.1, 0.15) is 37.5 Å². The molecule has 1 amide bonds. The zero-order valence-electron chi connectivity index (χ0n) is 24.7. The number of nitrogens with zero attached hydrogens (tertiary/aromatic N) is 5. The topological polar surface area (TPSA) is 193 Å². The normalized spacial score (nSPS) is 22.7. The number of hydrogen-bond acceptors (Lipinski definition) is 14. The van der Waals surface area contributed by atoms with E-state index in [0.717, 1.165) is 0 Å². The van der Waals surface area contributed by atoms with Gasteiger partial charge in [-0.15, -0.1) is 0 Å². The molecule has 6 rings (SSSR count). The maximum Gasteiger partial charge on any atom is 0.374 e. The van der Waals surface area contributed by atoms with Crippen molar-refractivity contribution in [1.82, 2.24) is 15.1 Å². The van der Waals surface area contributed by atoms with Crippen LogP contribution in [0.3, 0.4) is 0 Å². The summed E-state index contributed by atoms with van der Waals surface area (Å²) >= 11 is 0. The third kappa shape index (κ3) is 4.83. The molecule has 0 aliphatic carbocycles. The predicted molar refractivity (Wildman–Crippen MR) is 158 cm³/mol. The molecule has 5 aliphatic rings. The lowest BCUT2D eigenvalue weighted by molar-refractivity contribution is -0.141. The van der Waals surface area contributed by atoms with E-state index in [-0.39, 0.29) is 36.5 Å². The van der Waals surface area contributed by atoms with Crippen LogP contribution >= 0.6 is 0 Å². The van der Waals surface area contributed by atoms with E-state index >= 15 is 0 Å². The summed E-state index contributed by atoms with van der Waals surface area (Å²) in [5.41, 5.74) is 6.81. The van der Waals surface area contributed by atoms with Crippen molar-refractivity contribution in [3.63, 3.8) is 0 Å². The first kappa shape index (κ1) is 29.2. The molecular weight excluding hydrogens is 574 g/mol. The minimum absolute atomic E-state index is 0.0756. The zero-order chi connectivity index (χ0) is 31.3. The van der Waals surface area contributed by atoms with Gasteiger partial charge in [-0.1, -0.05) is 6.08 Å². The Labute approximate surface area is 252 Å². The number of methoxy groups -OCH3 is 1. The van der Waals surface area contributed by atoms with Gasteiger partial charge in [0.05, 0.1) is 37.1 Å². The number of aliphatic hydroxyl groups excluding tert-OH is 1. The molecule has 15 heteroatoms. The molecule has 5 aliphatic heterocycles. The number of carbonyl (C=O) groups excluding carboxylic acids is 2. The van der Waals surface area contributed by atoms with Crippen LogP contribution < -0.4 is 25.3 Å². The largest absolute Gasteiger partial charge is 0.496 e. The first-order valence-electron chi connectivity index (χ1n) is 14.1. The molecule has 1 aromatic rings. The fourth-order valence-corrected chi connectivity index (χ4v) is 5.66. The number of ether oxygens (including phenoxy) is 4. The van der Waals surface area contributed by atoms with E-state index in [1.807, 2.05) is 17.2 Å². The maximum absolute atomic E-state index is 12.9. The Morgan fingerprint density at radius 3 is 2.82 bits per heavy atom. The van der Waals surface area contributed by atoms with E-state index in [0.29, 0.717) is 52.6 Å². The summed E-state index contributed by atoms with van der Waals surface area (Å²) in [6.07, 6.45) is 6.30. The number of aliphatic imine (C=N–C) groups is 3. The number of carbonyl (C=O) groups is 2. The molecule has 0 spiro atoms. The molecule has 44 heavy (non-hydrogen) atoms. The van der Waals surface area contributed by atoms with Gasteiger partial charge in [0.25, 0.3) is 0 Å². The van der Waals surface area contributed by atoms with E-state index in [9.17, 15) is 19.8 Å². The fourth-order valence-electron chi connectivity index (χ4n) is 5.66. The highest BCUT2D eigenvalue weighted by atomic mass is 16.6. The third-order valence-electron chi connectivity index (χ3n) is 7.76. The van der Waals surface area contributed by atoms with E-state index in [1.165, 1.54) is 7.11 Å². The maximum atomic E-state index is 12.9. The molecule has 0 fully saturated rings. The predicted octanol–water partition coefficient (Wildman–Crippen LogP) is 0.112. The summed E-state index contributed by atoms with van der Waals surface area (Å²) in [6, 6.07) is 0. The number of rotatable bonds is 8. The minimum Gasteiger partial charge on any atom is -0.496 e. The van der Waals surface area contributed by atoms with Crippen molar-refractivity contribution in [2.24, 2.45) is 20.7 Å². The number of guanidine groups is 1. The number of aliphatic hydroxyl groups is 2. The second-order valence-electron chi connectivity index (χ2n) is 11.0. The molecule has 1 aromatic carbocycles. The van der Waals surface area contributed by atoms with Crippen LogP contribution in [0.4, 0.5) is 0 Å². The lowest BCUT2D eigenvalue weighted by Crippen LogP contribution is -2.53. The average molecular weight is 608 g/mol. The van der Waals surface area contributed by atoms with Gasteiger partial charge in [-0.2, -0.15) is 9.98 Å². The third-order valence-corrected chi connectivity index (χ3v) is 7.76. The number of amides is 1. The van der Waals surface area contributed by atoms with E-state index < -0.39 is 36.5 Å². The van der Waals surface area contributed by atoms with Crippen molar-refractivity contribution in [2.45, 2.75) is 51.8 Å². The van der Waals surface area contributed by atoms with Gasteiger partial charge in [-0.3, -0.25) is 14.7 Å². The molecule has 0 saturated carbocycles. The van der Waals surface area contributed by atoms with Crippen molar-refractivity contribution in [2.75, 3.05) is 26.9 Å². The highest BCUT2D eigenvalue weighted by molar-refractivity contribution is 6.69. The Hall–Kier alpha value is -4.89. The highest BCUT2D eigenvalue weighted by Crippen LogP contribution is 2.53. The van der Waals surface area contributed by atoms with Crippen LogP contribution in [0, 0.1) is 0 Å². The molecule has 0 aromatic heterocycles. The van der Waals surface area contributed by atoms with Gasteiger partial charge in [0.15, 0.2) is 17.8 Å². The number of hydrogen-bond donors (Lipinski definition) is 4. The molecule has 0 saturated heterocycles. The number of nitrogens with two attached hydrogens (primary N) is 1. The smallest absolute Gasteiger partial charge is 0.374 e. The average Bonchev–Trinajstić information content (AvgIpc) is 3.72. The zero-order valence-corrected chi connectivity index (χ0v) is 24.7. The van der Waals surface area contributed by atoms with Gasteiger partial charge in [0, 0.05) is 30.9 Å². The number of amidine groups is 1. The lowest BCUT2D eigenvalue weighted by Gasteiger charge is -2.34. The fraction of sp³-hybridized carbons (Fsp3) is 0.414. The molecule has 5 heterocycles. The molecule has 2 unspecified atom stereocenters. The molecule has 5 N–H and O–H groups in total. The van der Waals surface area contributed by atoms with Crippen molar-refractivity contribution < 1.29 is 38.7 Å². The molecule has 0 radical (unpaired) electrons. The molecule has 0 bridgehead atoms. The lowest BCUT2D eigenvalue weighted by atomic mass is 9.90. The van der Waals surface area contributed by atoms with Crippen LogP contribution in [0.2, 0.25) is 0 Å². The van der Waals surface area contributed by atoms with Crippen molar-refractivity contribution >= 4 is 35.0 Å². The van der Waals surface area contributed by atoms with Crippen LogP contribution in [0.25, 0.3) is 5.57 Å². The Balaban J connectivity index is 1.39. The second-order valence-corrected chi connectivity index (χ2v) is 11.0. The molecule has 2 atom stereocenters. The van der Waals surface area contributed by atoms with E-state index in [4.69, 9.17) is 24.7 Å². The van der Waals surface area contributed by atoms with E-state index in [2.05, 4.69) is 20.3 Å². The summed E-state index contributed by atoms with van der Waals surface area (Å²) in [4.78, 5) is 41.1. The Bertz CT molecular complexity index is 1620. The Kier molecular flexibility index (Phi) is 7.29. The van der Waals surface area contributed by atoms with Crippen molar-refractivity contribution in [3.05, 3.63) is 47.0 Å². The van der Waals surface area contributed by atoms with Gasteiger partial charge in [0.2, 0.25) is 11.7 Å². The SMILES string of the molecule is CCOC(=O)C1=CC(=CCN2C=CNC2N2CN=C3C(=O)N=C(N)N=C32)c2c(OC)c3c(c(CO)c2O1)OC(C(C)(C)O)C3. The van der Waals surface area contributed by atoms with Gasteiger partial charge in [-0.25, -0.2) is 4.79 Å². The summed E-state index contributed by atoms with van der Waals surface area (Å²) in [5, 5.41) is 24.5. The first-order chi connectivity index (χ1) is 21.0. The summed E-state index contributed by atoms with van der Waals surface area (Å²) in [6.45, 7) is 5.14. The van der Waals surface area contributed by atoms with Gasteiger partial charge in [-0.05, 0) is 32.4 Å². The highest BCUT2D eigenvalue weighted by Gasteiger charge is 2.42. The number of allylic oxidation sites excluding steroid dienone is 2. The summed E-state index contributed by atoms with van der Waals surface area (Å²) < 4.78 is 23.3. The second kappa shape index (κ2) is 11.0. The van der Waals surface area contributed by atoms with Crippen LogP contribution in [-0.2, 0) is 27.4 Å².